The molecule has 0 heterocycles. The maximum Gasteiger partial charge on any atom is 0.0808 e. The van der Waals surface area contributed by atoms with Gasteiger partial charge >= 0.3 is 0 Å². The Kier molecular flexibility index (Phi) is 4.34. The van der Waals surface area contributed by atoms with Crippen LogP contribution in [0.4, 0.5) is 0 Å². The van der Waals surface area contributed by atoms with Crippen molar-refractivity contribution in [3.05, 3.63) is 17.6 Å². The van der Waals surface area contributed by atoms with Crippen molar-refractivity contribution < 1.29 is 0 Å². The SMILES string of the molecule is [Si]/C(I)=C1\CCC\C1=C(/[Si])I. The van der Waals surface area contributed by atoms with Gasteiger partial charge in [0.25, 0.3) is 0 Å². The molecule has 6 radical (unpaired) electrons. The minimum Gasteiger partial charge on any atom is -0.0548 e. The average Bonchev–Trinajstić information content (AvgIpc) is 2.32. The van der Waals surface area contributed by atoms with Crippen molar-refractivity contribution in [3.8, 4) is 0 Å². The van der Waals surface area contributed by atoms with Gasteiger partial charge in [0, 0.05) is 0 Å². The van der Waals surface area contributed by atoms with E-state index in [1.807, 2.05) is 0 Å². The second kappa shape index (κ2) is 4.57. The molecule has 11 heavy (non-hydrogen) atoms. The Balaban J connectivity index is 3.01. The highest BCUT2D eigenvalue weighted by Crippen LogP contribution is 2.36. The van der Waals surface area contributed by atoms with Gasteiger partial charge in [-0.05, 0) is 36.8 Å². The van der Waals surface area contributed by atoms with E-state index in [9.17, 15) is 0 Å². The number of rotatable bonds is 0. The third-order valence-electron chi connectivity index (χ3n) is 1.75. The van der Waals surface area contributed by atoms with Crippen LogP contribution in [0.1, 0.15) is 19.3 Å². The predicted octanol–water partition coefficient (Wildman–Crippen LogP) is 2.80. The summed E-state index contributed by atoms with van der Waals surface area (Å²) in [5, 5.41) is 0. The smallest absolute Gasteiger partial charge is 0.0548 e. The van der Waals surface area contributed by atoms with E-state index >= 15 is 0 Å². The van der Waals surface area contributed by atoms with Crippen LogP contribution in [0.5, 0.6) is 0 Å². The highest BCUT2D eigenvalue weighted by molar-refractivity contribution is 14.1. The summed E-state index contributed by atoms with van der Waals surface area (Å²) >= 11 is 4.65. The van der Waals surface area contributed by atoms with Crippen LogP contribution in [0.2, 0.25) is 0 Å². The molecule has 0 saturated heterocycles. The van der Waals surface area contributed by atoms with Crippen LogP contribution in [0.15, 0.2) is 17.6 Å². The highest BCUT2D eigenvalue weighted by Gasteiger charge is 2.16. The maximum absolute atomic E-state index is 3.57. The van der Waals surface area contributed by atoms with E-state index in [4.69, 9.17) is 0 Å². The molecule has 0 atom stereocenters. The van der Waals surface area contributed by atoms with Crippen LogP contribution in [0, 0.1) is 0 Å². The molecule has 1 fully saturated rings. The van der Waals surface area contributed by atoms with Gasteiger partial charge in [-0.1, -0.05) is 45.2 Å². The lowest BCUT2D eigenvalue weighted by Gasteiger charge is -2.03. The molecule has 1 saturated carbocycles. The molecular weight excluding hydrogens is 394 g/mol. The van der Waals surface area contributed by atoms with Crippen LogP contribution in [0.25, 0.3) is 0 Å². The Bertz CT molecular complexity index is 199. The number of halogens is 2. The molecular formula is C7H6I2Si2. The standard InChI is InChI=1S/C7H6I2Si2/c8-6(10)4-2-1-3-5(4)7(9)11/h1-3H2/b6-4+,7-5+. The summed E-state index contributed by atoms with van der Waals surface area (Å²) in [6.45, 7) is 0. The Morgan fingerprint density at radius 1 is 1.00 bits per heavy atom. The summed E-state index contributed by atoms with van der Waals surface area (Å²) in [6, 6.07) is 0. The Labute approximate surface area is 101 Å². The van der Waals surface area contributed by atoms with Crippen molar-refractivity contribution in [1.29, 1.82) is 0 Å². The second-order valence-electron chi connectivity index (χ2n) is 2.44. The molecule has 0 aromatic heterocycles. The summed E-state index contributed by atoms with van der Waals surface area (Å²) in [5.41, 5.74) is 2.95. The number of hydrogen-bond donors (Lipinski definition) is 0. The van der Waals surface area contributed by atoms with Crippen molar-refractivity contribution in [2.24, 2.45) is 0 Å². The summed E-state index contributed by atoms with van der Waals surface area (Å²) < 4.78 is 2.50. The lowest BCUT2D eigenvalue weighted by Crippen LogP contribution is -1.86. The van der Waals surface area contributed by atoms with E-state index in [0.29, 0.717) is 0 Å². The monoisotopic (exact) mass is 400 g/mol. The Morgan fingerprint density at radius 3 is 1.64 bits per heavy atom. The molecule has 1 aliphatic rings. The van der Waals surface area contributed by atoms with Gasteiger partial charge in [0.1, 0.15) is 0 Å². The van der Waals surface area contributed by atoms with Gasteiger partial charge in [-0.3, -0.25) is 0 Å². The van der Waals surface area contributed by atoms with Gasteiger partial charge < -0.3 is 0 Å². The zero-order valence-electron chi connectivity index (χ0n) is 5.88. The molecule has 1 aliphatic carbocycles. The third kappa shape index (κ3) is 2.66. The van der Waals surface area contributed by atoms with E-state index in [1.54, 1.807) is 0 Å². The van der Waals surface area contributed by atoms with Gasteiger partial charge in [-0.25, -0.2) is 0 Å². The topological polar surface area (TPSA) is 0 Å². The minimum atomic E-state index is 1.22. The van der Waals surface area contributed by atoms with Crippen LogP contribution >= 0.6 is 45.2 Å². The fourth-order valence-corrected chi connectivity index (χ4v) is 2.97. The van der Waals surface area contributed by atoms with Crippen LogP contribution < -0.4 is 0 Å². The van der Waals surface area contributed by atoms with Crippen molar-refractivity contribution in [2.45, 2.75) is 19.3 Å². The van der Waals surface area contributed by atoms with E-state index in [1.165, 1.54) is 36.8 Å². The lowest BCUT2D eigenvalue weighted by molar-refractivity contribution is 0.933. The van der Waals surface area contributed by atoms with Crippen molar-refractivity contribution in [2.75, 3.05) is 0 Å². The number of hydrogen-bond acceptors (Lipinski definition) is 0. The maximum atomic E-state index is 3.57. The summed E-state index contributed by atoms with van der Waals surface area (Å²) in [4.78, 5) is 0. The fourth-order valence-electron chi connectivity index (χ4n) is 1.23. The van der Waals surface area contributed by atoms with Crippen LogP contribution in [-0.4, -0.2) is 20.5 Å². The van der Waals surface area contributed by atoms with Crippen molar-refractivity contribution >= 4 is 65.7 Å². The molecule has 1 rings (SSSR count). The van der Waals surface area contributed by atoms with E-state index in [0.717, 1.165) is 0 Å². The predicted molar refractivity (Wildman–Crippen MR) is 67.5 cm³/mol. The lowest BCUT2D eigenvalue weighted by atomic mass is 10.2. The number of allylic oxidation sites excluding steroid dienone is 2. The molecule has 0 nitrogen and oxygen atoms in total. The van der Waals surface area contributed by atoms with Crippen molar-refractivity contribution in [3.63, 3.8) is 0 Å². The van der Waals surface area contributed by atoms with Crippen LogP contribution in [0.3, 0.4) is 0 Å². The second-order valence-corrected chi connectivity index (χ2v) is 7.63. The molecule has 0 aliphatic heterocycles. The molecule has 0 amide bonds. The zero-order chi connectivity index (χ0) is 8.43. The minimum absolute atomic E-state index is 1.22. The summed E-state index contributed by atoms with van der Waals surface area (Å²) in [6.07, 6.45) is 3.72. The Morgan fingerprint density at radius 2 is 1.36 bits per heavy atom. The molecule has 4 heteroatoms. The largest absolute Gasteiger partial charge is 0.0808 e. The summed E-state index contributed by atoms with van der Waals surface area (Å²) in [5.74, 6) is 0. The van der Waals surface area contributed by atoms with Gasteiger partial charge in [0.15, 0.2) is 0 Å². The first-order chi connectivity index (χ1) is 5.13. The molecule has 56 valence electrons. The van der Waals surface area contributed by atoms with Crippen LogP contribution in [-0.2, 0) is 0 Å². The zero-order valence-corrected chi connectivity index (χ0v) is 12.2. The molecule has 0 aromatic rings. The first kappa shape index (κ1) is 10.5. The first-order valence-electron chi connectivity index (χ1n) is 3.34. The molecule has 0 bridgehead atoms. The van der Waals surface area contributed by atoms with E-state index in [2.05, 4.69) is 65.7 Å². The van der Waals surface area contributed by atoms with E-state index < -0.39 is 0 Å². The summed E-state index contributed by atoms with van der Waals surface area (Å²) in [7, 11) is 7.13. The molecule has 0 N–H and O–H groups in total. The Hall–Kier alpha value is 1.37. The highest BCUT2D eigenvalue weighted by atomic mass is 127. The molecule has 0 spiro atoms. The van der Waals surface area contributed by atoms with Gasteiger partial charge in [-0.2, -0.15) is 0 Å². The first-order valence-corrected chi connectivity index (χ1v) is 6.49. The molecule has 0 unspecified atom stereocenters. The van der Waals surface area contributed by atoms with Crippen molar-refractivity contribution in [1.82, 2.24) is 0 Å². The normalized spacial score (nSPS) is 27.3. The van der Waals surface area contributed by atoms with Gasteiger partial charge in [0.2, 0.25) is 0 Å². The fraction of sp³-hybridized carbons (Fsp3) is 0.429. The van der Waals surface area contributed by atoms with Gasteiger partial charge in [0.05, 0.1) is 20.5 Å². The average molecular weight is 400 g/mol. The van der Waals surface area contributed by atoms with Gasteiger partial charge in [-0.15, -0.1) is 0 Å². The third-order valence-corrected chi connectivity index (χ3v) is 3.65. The van der Waals surface area contributed by atoms with E-state index in [-0.39, 0.29) is 0 Å². The quantitative estimate of drug-likeness (QED) is 0.434. The molecule has 0 aromatic carbocycles.